The predicted molar refractivity (Wildman–Crippen MR) is 83.0 cm³/mol. The van der Waals surface area contributed by atoms with E-state index >= 15 is 0 Å². The van der Waals surface area contributed by atoms with E-state index in [4.69, 9.17) is 9.47 Å². The van der Waals surface area contributed by atoms with Gasteiger partial charge in [-0.3, -0.25) is 4.79 Å². The molecule has 4 heteroatoms. The van der Waals surface area contributed by atoms with Gasteiger partial charge in [0.15, 0.2) is 6.61 Å². The van der Waals surface area contributed by atoms with Crippen molar-refractivity contribution in [2.24, 2.45) is 0 Å². The molecule has 1 amide bonds. The van der Waals surface area contributed by atoms with Gasteiger partial charge in [-0.1, -0.05) is 24.3 Å². The molecule has 2 rings (SSSR count). The number of ether oxygens (including phenoxy) is 2. The third-order valence-electron chi connectivity index (χ3n) is 3.11. The summed E-state index contributed by atoms with van der Waals surface area (Å²) in [5.41, 5.74) is 2.72. The molecule has 0 saturated heterocycles. The van der Waals surface area contributed by atoms with E-state index < -0.39 is 0 Å². The highest BCUT2D eigenvalue weighted by atomic mass is 16.5. The van der Waals surface area contributed by atoms with E-state index in [2.05, 4.69) is 5.32 Å². The lowest BCUT2D eigenvalue weighted by atomic mass is 10.1. The van der Waals surface area contributed by atoms with Crippen molar-refractivity contribution in [1.29, 1.82) is 0 Å². The minimum atomic E-state index is -0.203. The number of methoxy groups -OCH3 is 1. The monoisotopic (exact) mass is 285 g/mol. The third kappa shape index (κ3) is 3.99. The van der Waals surface area contributed by atoms with Gasteiger partial charge in [-0.05, 0) is 37.1 Å². The molecular formula is C17H19NO3. The summed E-state index contributed by atoms with van der Waals surface area (Å²) in [4.78, 5) is 11.9. The Morgan fingerprint density at radius 1 is 1.10 bits per heavy atom. The van der Waals surface area contributed by atoms with Crippen molar-refractivity contribution in [1.82, 2.24) is 0 Å². The van der Waals surface area contributed by atoms with Gasteiger partial charge in [0.2, 0.25) is 0 Å². The fourth-order valence-corrected chi connectivity index (χ4v) is 2.06. The molecule has 0 spiro atoms. The van der Waals surface area contributed by atoms with Crippen molar-refractivity contribution in [2.45, 2.75) is 13.8 Å². The molecule has 0 fully saturated rings. The van der Waals surface area contributed by atoms with Gasteiger partial charge in [-0.2, -0.15) is 0 Å². The molecule has 0 bridgehead atoms. The van der Waals surface area contributed by atoms with Crippen molar-refractivity contribution in [3.63, 3.8) is 0 Å². The molecule has 0 unspecified atom stereocenters. The third-order valence-corrected chi connectivity index (χ3v) is 3.11. The summed E-state index contributed by atoms with van der Waals surface area (Å²) in [7, 11) is 1.59. The number of para-hydroxylation sites is 1. The number of amides is 1. The normalized spacial score (nSPS) is 10.0. The molecule has 0 radical (unpaired) electrons. The molecule has 0 saturated carbocycles. The topological polar surface area (TPSA) is 47.6 Å². The van der Waals surface area contributed by atoms with Crippen LogP contribution < -0.4 is 14.8 Å². The molecule has 0 atom stereocenters. The van der Waals surface area contributed by atoms with Gasteiger partial charge in [-0.25, -0.2) is 0 Å². The minimum Gasteiger partial charge on any atom is -0.497 e. The van der Waals surface area contributed by atoms with E-state index in [0.717, 1.165) is 16.9 Å². The number of benzene rings is 2. The van der Waals surface area contributed by atoms with Crippen molar-refractivity contribution < 1.29 is 14.3 Å². The predicted octanol–water partition coefficient (Wildman–Crippen LogP) is 3.33. The molecule has 2 aromatic carbocycles. The van der Waals surface area contributed by atoms with E-state index in [1.54, 1.807) is 19.2 Å². The Morgan fingerprint density at radius 3 is 2.43 bits per heavy atom. The van der Waals surface area contributed by atoms with Gasteiger partial charge in [-0.15, -0.1) is 0 Å². The van der Waals surface area contributed by atoms with Gasteiger partial charge in [0.1, 0.15) is 11.5 Å². The maximum absolute atomic E-state index is 11.9. The number of hydrogen-bond acceptors (Lipinski definition) is 3. The Balaban J connectivity index is 1.96. The lowest BCUT2D eigenvalue weighted by molar-refractivity contribution is -0.118. The first kappa shape index (κ1) is 14.9. The van der Waals surface area contributed by atoms with Crippen molar-refractivity contribution >= 4 is 11.6 Å². The fourth-order valence-electron chi connectivity index (χ4n) is 2.06. The minimum absolute atomic E-state index is 0.0249. The second-order valence-electron chi connectivity index (χ2n) is 4.79. The van der Waals surface area contributed by atoms with E-state index in [1.165, 1.54) is 0 Å². The smallest absolute Gasteiger partial charge is 0.262 e. The molecular weight excluding hydrogens is 266 g/mol. The van der Waals surface area contributed by atoms with Gasteiger partial charge in [0.25, 0.3) is 5.91 Å². The number of nitrogens with one attached hydrogen (secondary N) is 1. The zero-order valence-electron chi connectivity index (χ0n) is 12.5. The second kappa shape index (κ2) is 6.79. The average Bonchev–Trinajstić information content (AvgIpc) is 2.47. The highest BCUT2D eigenvalue weighted by Gasteiger charge is 2.08. The average molecular weight is 285 g/mol. The second-order valence-corrected chi connectivity index (χ2v) is 4.79. The van der Waals surface area contributed by atoms with Gasteiger partial charge >= 0.3 is 0 Å². The summed E-state index contributed by atoms with van der Waals surface area (Å²) >= 11 is 0. The molecule has 0 aliphatic carbocycles. The first-order valence-corrected chi connectivity index (χ1v) is 6.73. The van der Waals surface area contributed by atoms with Crippen LogP contribution in [0.2, 0.25) is 0 Å². The zero-order chi connectivity index (χ0) is 15.2. The Hall–Kier alpha value is -2.49. The van der Waals surface area contributed by atoms with Crippen LogP contribution in [0.4, 0.5) is 5.69 Å². The maximum Gasteiger partial charge on any atom is 0.262 e. The van der Waals surface area contributed by atoms with Crippen molar-refractivity contribution in [3.8, 4) is 11.5 Å². The van der Waals surface area contributed by atoms with Crippen LogP contribution in [0.15, 0.2) is 42.5 Å². The van der Waals surface area contributed by atoms with Crippen LogP contribution in [0.3, 0.4) is 0 Å². The lowest BCUT2D eigenvalue weighted by Gasteiger charge is -2.12. The number of aryl methyl sites for hydroxylation is 2. The number of hydrogen-bond donors (Lipinski definition) is 1. The maximum atomic E-state index is 11.9. The van der Waals surface area contributed by atoms with Gasteiger partial charge < -0.3 is 14.8 Å². The Morgan fingerprint density at radius 2 is 1.76 bits per heavy atom. The first-order valence-electron chi connectivity index (χ1n) is 6.73. The number of rotatable bonds is 5. The standard InChI is InChI=1S/C17H19NO3/c1-12-6-4-7-13(2)17(12)21-11-16(19)18-14-8-5-9-15(10-14)20-3/h4-10H,11H2,1-3H3,(H,18,19). The number of carbonyl (C=O) groups excluding carboxylic acids is 1. The first-order chi connectivity index (χ1) is 10.1. The number of carbonyl (C=O) groups is 1. The van der Waals surface area contributed by atoms with Crippen LogP contribution >= 0.6 is 0 Å². The Labute approximate surface area is 124 Å². The van der Waals surface area contributed by atoms with Crippen LogP contribution in [0.25, 0.3) is 0 Å². The summed E-state index contributed by atoms with van der Waals surface area (Å²) < 4.78 is 10.7. The van der Waals surface area contributed by atoms with Crippen molar-refractivity contribution in [3.05, 3.63) is 53.6 Å². The summed E-state index contributed by atoms with van der Waals surface area (Å²) in [6.45, 7) is 3.90. The Bertz CT molecular complexity index is 617. The van der Waals surface area contributed by atoms with Gasteiger partial charge in [0, 0.05) is 11.8 Å². The quantitative estimate of drug-likeness (QED) is 0.916. The van der Waals surface area contributed by atoms with Crippen molar-refractivity contribution in [2.75, 3.05) is 19.0 Å². The lowest BCUT2D eigenvalue weighted by Crippen LogP contribution is -2.20. The van der Waals surface area contributed by atoms with Crippen LogP contribution in [-0.2, 0) is 4.79 Å². The highest BCUT2D eigenvalue weighted by molar-refractivity contribution is 5.92. The van der Waals surface area contributed by atoms with Crippen LogP contribution in [0, 0.1) is 13.8 Å². The molecule has 21 heavy (non-hydrogen) atoms. The molecule has 0 heterocycles. The van der Waals surface area contributed by atoms with E-state index in [0.29, 0.717) is 11.4 Å². The van der Waals surface area contributed by atoms with E-state index in [-0.39, 0.29) is 12.5 Å². The number of anilines is 1. The summed E-state index contributed by atoms with van der Waals surface area (Å²) in [5, 5.41) is 2.78. The van der Waals surface area contributed by atoms with Crippen LogP contribution in [-0.4, -0.2) is 19.6 Å². The summed E-state index contributed by atoms with van der Waals surface area (Å²) in [6, 6.07) is 13.1. The molecule has 2 aromatic rings. The molecule has 0 aliphatic rings. The van der Waals surface area contributed by atoms with Gasteiger partial charge in [0.05, 0.1) is 7.11 Å². The summed E-state index contributed by atoms with van der Waals surface area (Å²) in [5.74, 6) is 1.26. The fraction of sp³-hybridized carbons (Fsp3) is 0.235. The zero-order valence-corrected chi connectivity index (χ0v) is 12.5. The Kier molecular flexibility index (Phi) is 4.82. The van der Waals surface area contributed by atoms with Crippen LogP contribution in [0.5, 0.6) is 11.5 Å². The largest absolute Gasteiger partial charge is 0.497 e. The molecule has 0 aliphatic heterocycles. The van der Waals surface area contributed by atoms with Crippen LogP contribution in [0.1, 0.15) is 11.1 Å². The molecule has 0 aromatic heterocycles. The van der Waals surface area contributed by atoms with E-state index in [9.17, 15) is 4.79 Å². The molecule has 1 N–H and O–H groups in total. The summed E-state index contributed by atoms with van der Waals surface area (Å²) in [6.07, 6.45) is 0. The molecule has 4 nitrogen and oxygen atoms in total. The SMILES string of the molecule is COc1cccc(NC(=O)COc2c(C)cccc2C)c1. The highest BCUT2D eigenvalue weighted by Crippen LogP contribution is 2.22. The van der Waals surface area contributed by atoms with E-state index in [1.807, 2.05) is 44.2 Å². The molecule has 110 valence electrons.